The van der Waals surface area contributed by atoms with Crippen molar-refractivity contribution < 1.29 is 19.4 Å². The van der Waals surface area contributed by atoms with E-state index in [1.807, 2.05) is 49.4 Å². The summed E-state index contributed by atoms with van der Waals surface area (Å²) >= 11 is 1.16. The maximum atomic E-state index is 12.4. The van der Waals surface area contributed by atoms with Crippen LogP contribution < -0.4 is 10.1 Å². The van der Waals surface area contributed by atoms with Gasteiger partial charge in [0, 0.05) is 10.4 Å². The van der Waals surface area contributed by atoms with Gasteiger partial charge in [-0.25, -0.2) is 4.79 Å². The average molecular weight is 353 g/mol. The van der Waals surface area contributed by atoms with Crippen LogP contribution in [-0.4, -0.2) is 17.2 Å². The normalized spacial score (nSPS) is 10.3. The van der Waals surface area contributed by atoms with Crippen molar-refractivity contribution >= 4 is 29.1 Å². The minimum absolute atomic E-state index is 0.131. The molecule has 3 aromatic rings. The number of aryl methyl sites for hydroxylation is 1. The molecule has 1 amide bonds. The first-order valence-corrected chi connectivity index (χ1v) is 8.32. The summed E-state index contributed by atoms with van der Waals surface area (Å²) in [5, 5.41) is 11.8. The quantitative estimate of drug-likeness (QED) is 0.645. The molecule has 0 saturated carbocycles. The molecule has 3 rings (SSSR count). The monoisotopic (exact) mass is 353 g/mol. The van der Waals surface area contributed by atoms with Gasteiger partial charge < -0.3 is 15.2 Å². The van der Waals surface area contributed by atoms with E-state index in [-0.39, 0.29) is 11.0 Å². The molecular weight excluding hydrogens is 338 g/mol. The lowest BCUT2D eigenvalue weighted by Gasteiger charge is -2.05. The summed E-state index contributed by atoms with van der Waals surface area (Å²) in [6, 6.07) is 18.3. The number of benzene rings is 2. The van der Waals surface area contributed by atoms with Crippen molar-refractivity contribution in [1.82, 2.24) is 0 Å². The first-order chi connectivity index (χ1) is 12.0. The highest BCUT2D eigenvalue weighted by molar-refractivity contribution is 7.18. The van der Waals surface area contributed by atoms with Gasteiger partial charge in [-0.3, -0.25) is 4.79 Å². The molecule has 0 radical (unpaired) electrons. The Kier molecular flexibility index (Phi) is 4.81. The average Bonchev–Trinajstić information content (AvgIpc) is 2.98. The van der Waals surface area contributed by atoms with E-state index in [1.165, 1.54) is 0 Å². The highest BCUT2D eigenvalue weighted by atomic mass is 32.1. The Balaban J connectivity index is 1.90. The number of amides is 1. The van der Waals surface area contributed by atoms with Crippen LogP contribution in [0.3, 0.4) is 0 Å². The van der Waals surface area contributed by atoms with Crippen LogP contribution in [0.5, 0.6) is 5.06 Å². The van der Waals surface area contributed by atoms with Crippen molar-refractivity contribution in [3.05, 3.63) is 71.8 Å². The Morgan fingerprint density at radius 1 is 1.04 bits per heavy atom. The van der Waals surface area contributed by atoms with Crippen LogP contribution >= 0.6 is 11.3 Å². The lowest BCUT2D eigenvalue weighted by atomic mass is 10.1. The van der Waals surface area contributed by atoms with Crippen LogP contribution in [-0.2, 0) is 0 Å². The number of carbonyl (C=O) groups is 2. The van der Waals surface area contributed by atoms with Gasteiger partial charge in [-0.15, -0.1) is 0 Å². The minimum atomic E-state index is -1.42. The largest absolute Gasteiger partial charge is 0.512 e. The van der Waals surface area contributed by atoms with Crippen molar-refractivity contribution in [2.24, 2.45) is 0 Å². The second-order valence-corrected chi connectivity index (χ2v) is 6.38. The van der Waals surface area contributed by atoms with Crippen molar-refractivity contribution in [2.45, 2.75) is 6.92 Å². The third kappa shape index (κ3) is 4.05. The van der Waals surface area contributed by atoms with Gasteiger partial charge in [-0.1, -0.05) is 59.4 Å². The highest BCUT2D eigenvalue weighted by Crippen LogP contribution is 2.41. The zero-order valence-electron chi connectivity index (χ0n) is 13.4. The summed E-state index contributed by atoms with van der Waals surface area (Å²) in [5.74, 6) is -0.326. The van der Waals surface area contributed by atoms with E-state index in [1.54, 1.807) is 18.2 Å². The molecule has 0 aliphatic rings. The molecule has 0 saturated heterocycles. The lowest BCUT2D eigenvalue weighted by molar-refractivity contribution is 0.102. The second-order valence-electron chi connectivity index (χ2n) is 5.37. The molecular formula is C19H15NO4S. The Hall–Kier alpha value is -3.12. The number of rotatable bonds is 4. The maximum Gasteiger partial charge on any atom is 0.512 e. The predicted octanol–water partition coefficient (Wildman–Crippen LogP) is 5.03. The number of thiophene rings is 1. The summed E-state index contributed by atoms with van der Waals surface area (Å²) in [5.41, 5.74) is 2.78. The first kappa shape index (κ1) is 16.7. The number of carboxylic acid groups (broad SMARTS) is 1. The SMILES string of the molecule is Cc1ccc(C(=O)Nc2cc(-c3ccccc3)sc2OC(=O)O)cc1. The topological polar surface area (TPSA) is 75.6 Å². The van der Waals surface area contributed by atoms with Gasteiger partial charge in [0.05, 0.1) is 5.69 Å². The molecule has 0 atom stereocenters. The standard InChI is InChI=1S/C19H15NO4S/c1-12-7-9-14(10-8-12)17(21)20-15-11-16(13-5-3-2-4-6-13)25-18(15)24-19(22)23/h2-11H,1H3,(H,20,21)(H,22,23). The Morgan fingerprint density at radius 3 is 2.36 bits per heavy atom. The summed E-state index contributed by atoms with van der Waals surface area (Å²) in [6.07, 6.45) is -1.42. The Bertz CT molecular complexity index is 901. The van der Waals surface area contributed by atoms with Gasteiger partial charge in [-0.05, 0) is 30.7 Å². The zero-order chi connectivity index (χ0) is 17.8. The number of hydrogen-bond acceptors (Lipinski definition) is 4. The van der Waals surface area contributed by atoms with Crippen LogP contribution in [0.15, 0.2) is 60.7 Å². The molecule has 25 heavy (non-hydrogen) atoms. The summed E-state index contributed by atoms with van der Waals surface area (Å²) in [7, 11) is 0. The van der Waals surface area contributed by atoms with E-state index < -0.39 is 6.16 Å². The van der Waals surface area contributed by atoms with E-state index in [2.05, 4.69) is 5.32 Å². The van der Waals surface area contributed by atoms with Crippen molar-refractivity contribution in [3.8, 4) is 15.5 Å². The first-order valence-electron chi connectivity index (χ1n) is 7.51. The third-order valence-corrected chi connectivity index (χ3v) is 4.56. The molecule has 0 aliphatic carbocycles. The number of anilines is 1. The van der Waals surface area contributed by atoms with Crippen molar-refractivity contribution in [1.29, 1.82) is 0 Å². The molecule has 126 valence electrons. The van der Waals surface area contributed by atoms with Gasteiger partial charge in [0.15, 0.2) is 0 Å². The number of ether oxygens (including phenoxy) is 1. The molecule has 1 heterocycles. The summed E-state index contributed by atoms with van der Waals surface area (Å²) in [6.45, 7) is 1.94. The van der Waals surface area contributed by atoms with E-state index in [9.17, 15) is 9.59 Å². The zero-order valence-corrected chi connectivity index (χ0v) is 14.2. The molecule has 0 spiro atoms. The van der Waals surface area contributed by atoms with Gasteiger partial charge in [0.2, 0.25) is 5.06 Å². The van der Waals surface area contributed by atoms with E-state index in [4.69, 9.17) is 9.84 Å². The van der Waals surface area contributed by atoms with E-state index in [0.29, 0.717) is 11.3 Å². The lowest BCUT2D eigenvalue weighted by Crippen LogP contribution is -2.12. The van der Waals surface area contributed by atoms with Crippen LogP contribution in [0.25, 0.3) is 10.4 Å². The fraction of sp³-hybridized carbons (Fsp3) is 0.0526. The molecule has 5 nitrogen and oxygen atoms in total. The minimum Gasteiger partial charge on any atom is -0.449 e. The molecule has 2 N–H and O–H groups in total. The van der Waals surface area contributed by atoms with E-state index >= 15 is 0 Å². The Labute approximate surface area is 148 Å². The molecule has 0 aliphatic heterocycles. The van der Waals surface area contributed by atoms with Crippen LogP contribution in [0.2, 0.25) is 0 Å². The van der Waals surface area contributed by atoms with Gasteiger partial charge in [0.25, 0.3) is 5.91 Å². The van der Waals surface area contributed by atoms with Gasteiger partial charge in [0.1, 0.15) is 0 Å². The van der Waals surface area contributed by atoms with Crippen LogP contribution in [0.1, 0.15) is 15.9 Å². The second kappa shape index (κ2) is 7.19. The van der Waals surface area contributed by atoms with Gasteiger partial charge >= 0.3 is 6.16 Å². The molecule has 6 heteroatoms. The predicted molar refractivity (Wildman–Crippen MR) is 97.5 cm³/mol. The van der Waals surface area contributed by atoms with Crippen molar-refractivity contribution in [2.75, 3.05) is 5.32 Å². The number of hydrogen-bond donors (Lipinski definition) is 2. The molecule has 0 unspecified atom stereocenters. The van der Waals surface area contributed by atoms with E-state index in [0.717, 1.165) is 27.3 Å². The summed E-state index contributed by atoms with van der Waals surface area (Å²) in [4.78, 5) is 24.1. The third-order valence-electron chi connectivity index (χ3n) is 3.50. The molecule has 1 aromatic heterocycles. The smallest absolute Gasteiger partial charge is 0.449 e. The fourth-order valence-electron chi connectivity index (χ4n) is 2.26. The summed E-state index contributed by atoms with van der Waals surface area (Å²) < 4.78 is 4.82. The van der Waals surface area contributed by atoms with Crippen molar-refractivity contribution in [3.63, 3.8) is 0 Å². The van der Waals surface area contributed by atoms with Gasteiger partial charge in [-0.2, -0.15) is 0 Å². The highest BCUT2D eigenvalue weighted by Gasteiger charge is 2.17. The van der Waals surface area contributed by atoms with Crippen LogP contribution in [0.4, 0.5) is 10.5 Å². The molecule has 2 aromatic carbocycles. The van der Waals surface area contributed by atoms with Crippen LogP contribution in [0, 0.1) is 6.92 Å². The Morgan fingerprint density at radius 2 is 1.72 bits per heavy atom. The maximum absolute atomic E-state index is 12.4. The molecule has 0 bridgehead atoms. The number of nitrogens with one attached hydrogen (secondary N) is 1. The molecule has 0 fully saturated rings. The fourth-order valence-corrected chi connectivity index (χ4v) is 3.22. The number of carbonyl (C=O) groups excluding carboxylic acids is 1.